The fourth-order valence-corrected chi connectivity index (χ4v) is 0.822. The molecule has 0 aliphatic rings. The number of aliphatic hydroxyl groups excluding tert-OH is 1. The van der Waals surface area contributed by atoms with E-state index < -0.39 is 5.60 Å². The first-order valence-electron chi connectivity index (χ1n) is 4.97. The van der Waals surface area contributed by atoms with E-state index in [0.29, 0.717) is 13.0 Å². The molecule has 0 radical (unpaired) electrons. The fourth-order valence-electron chi connectivity index (χ4n) is 0.822. The Hall–Kier alpha value is -0.120. The number of hydrogen-bond acceptors (Lipinski definition) is 3. The average molecular weight is 189 g/mol. The van der Waals surface area contributed by atoms with Crippen LogP contribution in [0.25, 0.3) is 0 Å². The van der Waals surface area contributed by atoms with E-state index in [1.807, 2.05) is 20.8 Å². The van der Waals surface area contributed by atoms with E-state index >= 15 is 0 Å². The van der Waals surface area contributed by atoms with Gasteiger partial charge in [-0.3, -0.25) is 0 Å². The third-order valence-corrected chi connectivity index (χ3v) is 2.79. The molecule has 0 aromatic rings. The Balaban J connectivity index is 3.99. The summed E-state index contributed by atoms with van der Waals surface area (Å²) in [6.07, 6.45) is 1.56. The van der Waals surface area contributed by atoms with Crippen LogP contribution >= 0.6 is 0 Å². The number of aliphatic hydroxyl groups is 2. The van der Waals surface area contributed by atoms with Crippen molar-refractivity contribution in [1.82, 2.24) is 5.32 Å². The average Bonchev–Trinajstić information content (AvgIpc) is 2.14. The summed E-state index contributed by atoms with van der Waals surface area (Å²) in [7, 11) is 0. The summed E-state index contributed by atoms with van der Waals surface area (Å²) < 4.78 is 0. The quantitative estimate of drug-likeness (QED) is 0.582. The van der Waals surface area contributed by atoms with Gasteiger partial charge in [0.15, 0.2) is 0 Å². The minimum Gasteiger partial charge on any atom is -0.394 e. The van der Waals surface area contributed by atoms with Crippen LogP contribution in [-0.2, 0) is 0 Å². The highest BCUT2D eigenvalue weighted by Crippen LogP contribution is 2.12. The molecule has 0 saturated carbocycles. The SMILES string of the molecule is CCC(C)(O)CNC(C)(CC)CO. The van der Waals surface area contributed by atoms with Gasteiger partial charge in [0.1, 0.15) is 0 Å². The summed E-state index contributed by atoms with van der Waals surface area (Å²) in [6, 6.07) is 0. The van der Waals surface area contributed by atoms with Gasteiger partial charge in [-0.05, 0) is 26.7 Å². The zero-order valence-electron chi connectivity index (χ0n) is 9.22. The normalized spacial score (nSPS) is 20.8. The second-order valence-electron chi connectivity index (χ2n) is 4.28. The molecule has 13 heavy (non-hydrogen) atoms. The lowest BCUT2D eigenvalue weighted by molar-refractivity contribution is 0.0402. The van der Waals surface area contributed by atoms with Crippen molar-refractivity contribution < 1.29 is 10.2 Å². The van der Waals surface area contributed by atoms with Gasteiger partial charge in [0.2, 0.25) is 0 Å². The van der Waals surface area contributed by atoms with Gasteiger partial charge in [0.25, 0.3) is 0 Å². The molecule has 0 aliphatic heterocycles. The lowest BCUT2D eigenvalue weighted by atomic mass is 9.97. The van der Waals surface area contributed by atoms with E-state index in [2.05, 4.69) is 5.32 Å². The zero-order chi connectivity index (χ0) is 10.5. The van der Waals surface area contributed by atoms with Gasteiger partial charge in [-0.1, -0.05) is 13.8 Å². The van der Waals surface area contributed by atoms with Crippen LogP contribution in [0.1, 0.15) is 40.5 Å². The first-order chi connectivity index (χ1) is 5.89. The Morgan fingerprint density at radius 1 is 1.15 bits per heavy atom. The maximum absolute atomic E-state index is 9.73. The van der Waals surface area contributed by atoms with Crippen LogP contribution < -0.4 is 5.32 Å². The van der Waals surface area contributed by atoms with Crippen LogP contribution in [0.3, 0.4) is 0 Å². The van der Waals surface area contributed by atoms with Crippen molar-refractivity contribution >= 4 is 0 Å². The van der Waals surface area contributed by atoms with Gasteiger partial charge < -0.3 is 15.5 Å². The molecule has 0 aromatic heterocycles. The predicted octanol–water partition coefficient (Wildman–Crippen LogP) is 0.898. The van der Waals surface area contributed by atoms with E-state index in [-0.39, 0.29) is 12.1 Å². The fraction of sp³-hybridized carbons (Fsp3) is 1.00. The van der Waals surface area contributed by atoms with E-state index in [0.717, 1.165) is 6.42 Å². The van der Waals surface area contributed by atoms with Crippen LogP contribution in [0.4, 0.5) is 0 Å². The van der Waals surface area contributed by atoms with E-state index in [1.54, 1.807) is 6.92 Å². The first kappa shape index (κ1) is 12.9. The van der Waals surface area contributed by atoms with Crippen LogP contribution in [-0.4, -0.2) is 34.5 Å². The monoisotopic (exact) mass is 189 g/mol. The summed E-state index contributed by atoms with van der Waals surface area (Å²) in [6.45, 7) is 8.34. The summed E-state index contributed by atoms with van der Waals surface area (Å²) in [5.74, 6) is 0. The topological polar surface area (TPSA) is 52.5 Å². The van der Waals surface area contributed by atoms with Crippen molar-refractivity contribution in [2.75, 3.05) is 13.2 Å². The Morgan fingerprint density at radius 3 is 2.00 bits per heavy atom. The van der Waals surface area contributed by atoms with Crippen LogP contribution in [0.15, 0.2) is 0 Å². The minimum atomic E-state index is -0.675. The second kappa shape index (κ2) is 4.94. The molecule has 3 nitrogen and oxygen atoms in total. The molecule has 0 amide bonds. The Bertz CT molecular complexity index is 142. The number of hydrogen-bond donors (Lipinski definition) is 3. The zero-order valence-corrected chi connectivity index (χ0v) is 9.22. The molecule has 0 bridgehead atoms. The maximum Gasteiger partial charge on any atom is 0.0741 e. The third-order valence-electron chi connectivity index (χ3n) is 2.79. The molecule has 3 heteroatoms. The molecule has 0 fully saturated rings. The Labute approximate surface area is 81.2 Å². The second-order valence-corrected chi connectivity index (χ2v) is 4.28. The molecule has 0 rings (SSSR count). The van der Waals surface area contributed by atoms with Gasteiger partial charge in [0.05, 0.1) is 12.2 Å². The van der Waals surface area contributed by atoms with Crippen molar-refractivity contribution in [3.63, 3.8) is 0 Å². The van der Waals surface area contributed by atoms with E-state index in [1.165, 1.54) is 0 Å². The molecular weight excluding hydrogens is 166 g/mol. The molecule has 0 saturated heterocycles. The minimum absolute atomic E-state index is 0.100. The van der Waals surface area contributed by atoms with Crippen molar-refractivity contribution in [3.05, 3.63) is 0 Å². The van der Waals surface area contributed by atoms with Gasteiger partial charge >= 0.3 is 0 Å². The summed E-state index contributed by atoms with van der Waals surface area (Å²) in [5.41, 5.74) is -0.940. The smallest absolute Gasteiger partial charge is 0.0741 e. The van der Waals surface area contributed by atoms with Crippen molar-refractivity contribution in [2.24, 2.45) is 0 Å². The van der Waals surface area contributed by atoms with Gasteiger partial charge in [-0.25, -0.2) is 0 Å². The Kier molecular flexibility index (Phi) is 4.89. The van der Waals surface area contributed by atoms with Gasteiger partial charge in [0, 0.05) is 12.1 Å². The van der Waals surface area contributed by atoms with Crippen LogP contribution in [0.2, 0.25) is 0 Å². The summed E-state index contributed by atoms with van der Waals surface area (Å²) in [4.78, 5) is 0. The molecular formula is C10H23NO2. The maximum atomic E-state index is 9.73. The number of nitrogens with one attached hydrogen (secondary N) is 1. The summed E-state index contributed by atoms with van der Waals surface area (Å²) >= 11 is 0. The Morgan fingerprint density at radius 2 is 1.69 bits per heavy atom. The lowest BCUT2D eigenvalue weighted by Crippen LogP contribution is -2.51. The van der Waals surface area contributed by atoms with Crippen molar-refractivity contribution in [1.29, 1.82) is 0 Å². The molecule has 2 unspecified atom stereocenters. The van der Waals surface area contributed by atoms with Crippen molar-refractivity contribution in [3.8, 4) is 0 Å². The number of β-amino-alcohol motifs (C(OH)–C–C–N with tert-alkyl or cyclic N) is 1. The highest BCUT2D eigenvalue weighted by molar-refractivity contribution is 4.84. The predicted molar refractivity (Wildman–Crippen MR) is 54.7 cm³/mol. The highest BCUT2D eigenvalue weighted by atomic mass is 16.3. The third kappa shape index (κ3) is 4.60. The van der Waals surface area contributed by atoms with E-state index in [9.17, 15) is 5.11 Å². The van der Waals surface area contributed by atoms with Crippen LogP contribution in [0.5, 0.6) is 0 Å². The number of rotatable bonds is 6. The first-order valence-corrected chi connectivity index (χ1v) is 4.97. The molecule has 0 aliphatic carbocycles. The molecule has 0 spiro atoms. The molecule has 2 atom stereocenters. The highest BCUT2D eigenvalue weighted by Gasteiger charge is 2.25. The van der Waals surface area contributed by atoms with Gasteiger partial charge in [-0.15, -0.1) is 0 Å². The van der Waals surface area contributed by atoms with Crippen molar-refractivity contribution in [2.45, 2.75) is 51.7 Å². The molecule has 3 N–H and O–H groups in total. The summed E-state index contributed by atoms with van der Waals surface area (Å²) in [5, 5.41) is 22.0. The molecule has 0 heterocycles. The lowest BCUT2D eigenvalue weighted by Gasteiger charge is -2.32. The van der Waals surface area contributed by atoms with E-state index in [4.69, 9.17) is 5.11 Å². The standard InChI is InChI=1S/C10H23NO2/c1-5-9(3,8-12)11-7-10(4,13)6-2/h11-13H,5-8H2,1-4H3. The van der Waals surface area contributed by atoms with Gasteiger partial charge in [-0.2, -0.15) is 0 Å². The molecule has 80 valence electrons. The van der Waals surface area contributed by atoms with Crippen LogP contribution in [0, 0.1) is 0 Å². The largest absolute Gasteiger partial charge is 0.394 e. The molecule has 0 aromatic carbocycles.